The van der Waals surface area contributed by atoms with E-state index in [1.165, 1.54) is 6.07 Å². The molecule has 13 heavy (non-hydrogen) atoms. The summed E-state index contributed by atoms with van der Waals surface area (Å²) < 4.78 is 1.67. The van der Waals surface area contributed by atoms with E-state index < -0.39 is 0 Å². The first-order valence-corrected chi connectivity index (χ1v) is 4.59. The summed E-state index contributed by atoms with van der Waals surface area (Å²) >= 11 is 0. The van der Waals surface area contributed by atoms with Crippen LogP contribution in [0.5, 0.6) is 0 Å². The van der Waals surface area contributed by atoms with Crippen LogP contribution in [0.25, 0.3) is 0 Å². The highest BCUT2D eigenvalue weighted by atomic mass is 16.1. The second kappa shape index (κ2) is 4.12. The highest BCUT2D eigenvalue weighted by Gasteiger charge is 2.01. The Bertz CT molecular complexity index is 330. The van der Waals surface area contributed by atoms with Crippen LogP contribution >= 0.6 is 0 Å². The quantitative estimate of drug-likeness (QED) is 0.765. The van der Waals surface area contributed by atoms with Gasteiger partial charge < -0.3 is 10.3 Å². The normalized spacial score (nSPS) is 12.8. The summed E-state index contributed by atoms with van der Waals surface area (Å²) in [5, 5.41) is 0. The van der Waals surface area contributed by atoms with E-state index in [0.29, 0.717) is 11.6 Å². The molecule has 0 saturated carbocycles. The van der Waals surface area contributed by atoms with Crippen molar-refractivity contribution >= 4 is 5.69 Å². The smallest absolute Gasteiger partial charge is 0.250 e. The fraction of sp³-hybridized carbons (Fsp3) is 0.500. The summed E-state index contributed by atoms with van der Waals surface area (Å²) in [5.41, 5.74) is 6.25. The summed E-state index contributed by atoms with van der Waals surface area (Å²) in [6.45, 7) is 4.98. The zero-order chi connectivity index (χ0) is 9.84. The molecule has 3 heteroatoms. The van der Waals surface area contributed by atoms with Gasteiger partial charge in [-0.1, -0.05) is 20.3 Å². The van der Waals surface area contributed by atoms with Gasteiger partial charge in [0.15, 0.2) is 0 Å². The molecule has 1 aromatic rings. The minimum Gasteiger partial charge on any atom is -0.398 e. The van der Waals surface area contributed by atoms with E-state index in [9.17, 15) is 4.79 Å². The van der Waals surface area contributed by atoms with E-state index in [2.05, 4.69) is 13.8 Å². The second-order valence-corrected chi connectivity index (χ2v) is 3.47. The lowest BCUT2D eigenvalue weighted by Crippen LogP contribution is -2.21. The molecule has 3 nitrogen and oxygen atoms in total. The molecule has 0 amide bonds. The number of hydrogen-bond donors (Lipinski definition) is 1. The summed E-state index contributed by atoms with van der Waals surface area (Å²) in [4.78, 5) is 11.3. The summed E-state index contributed by atoms with van der Waals surface area (Å²) in [6, 6.07) is 3.15. The lowest BCUT2D eigenvalue weighted by Gasteiger charge is -2.10. The molecular weight excluding hydrogens is 164 g/mol. The Labute approximate surface area is 78.2 Å². The van der Waals surface area contributed by atoms with Gasteiger partial charge in [0, 0.05) is 24.5 Å². The third kappa shape index (κ3) is 2.61. The van der Waals surface area contributed by atoms with Crippen LogP contribution in [0.4, 0.5) is 5.69 Å². The number of anilines is 1. The monoisotopic (exact) mass is 180 g/mol. The molecule has 1 aromatic heterocycles. The predicted octanol–water partition coefficient (Wildman–Crippen LogP) is 1.48. The molecule has 0 aliphatic heterocycles. The van der Waals surface area contributed by atoms with Gasteiger partial charge in [-0.3, -0.25) is 4.79 Å². The van der Waals surface area contributed by atoms with Gasteiger partial charge in [0.1, 0.15) is 0 Å². The summed E-state index contributed by atoms with van der Waals surface area (Å²) in [7, 11) is 0. The van der Waals surface area contributed by atoms with Crippen molar-refractivity contribution in [2.75, 3.05) is 5.73 Å². The molecule has 0 fully saturated rings. The number of hydrogen-bond acceptors (Lipinski definition) is 2. The van der Waals surface area contributed by atoms with Gasteiger partial charge in [0.2, 0.25) is 0 Å². The molecule has 1 rings (SSSR count). The topological polar surface area (TPSA) is 48.0 Å². The van der Waals surface area contributed by atoms with E-state index in [-0.39, 0.29) is 5.56 Å². The van der Waals surface area contributed by atoms with Crippen LogP contribution in [-0.2, 0) is 6.54 Å². The minimum absolute atomic E-state index is 0.0227. The van der Waals surface area contributed by atoms with Gasteiger partial charge in [-0.2, -0.15) is 0 Å². The fourth-order valence-electron chi connectivity index (χ4n) is 1.16. The maximum absolute atomic E-state index is 11.3. The van der Waals surface area contributed by atoms with E-state index in [1.807, 2.05) is 0 Å². The average molecular weight is 180 g/mol. The standard InChI is InChI=1S/C10H16N2O/c1-3-8(2)6-12-7-9(11)4-5-10(12)13/h4-5,7-8H,3,6,11H2,1-2H3. The zero-order valence-electron chi connectivity index (χ0n) is 8.16. The number of aromatic nitrogens is 1. The SMILES string of the molecule is CCC(C)Cn1cc(N)ccc1=O. The number of rotatable bonds is 3. The Balaban J connectivity index is 2.87. The highest BCUT2D eigenvalue weighted by Crippen LogP contribution is 2.04. The van der Waals surface area contributed by atoms with E-state index in [1.54, 1.807) is 16.8 Å². The fourth-order valence-corrected chi connectivity index (χ4v) is 1.16. The first-order valence-electron chi connectivity index (χ1n) is 4.59. The molecule has 0 aliphatic rings. The second-order valence-electron chi connectivity index (χ2n) is 3.47. The van der Waals surface area contributed by atoms with Crippen molar-refractivity contribution in [2.24, 2.45) is 5.92 Å². The molecule has 0 aromatic carbocycles. The first kappa shape index (κ1) is 9.84. The van der Waals surface area contributed by atoms with E-state index in [4.69, 9.17) is 5.73 Å². The summed E-state index contributed by atoms with van der Waals surface area (Å²) in [6.07, 6.45) is 2.77. The predicted molar refractivity (Wildman–Crippen MR) is 54.6 cm³/mol. The molecule has 0 bridgehead atoms. The number of nitrogen functional groups attached to an aromatic ring is 1. The molecule has 0 spiro atoms. The van der Waals surface area contributed by atoms with Crippen molar-refractivity contribution in [3.05, 3.63) is 28.7 Å². The Kier molecular flexibility index (Phi) is 3.12. The van der Waals surface area contributed by atoms with Crippen LogP contribution in [0.15, 0.2) is 23.1 Å². The molecule has 0 aliphatic carbocycles. The van der Waals surface area contributed by atoms with Crippen molar-refractivity contribution in [3.63, 3.8) is 0 Å². The Hall–Kier alpha value is -1.25. The third-order valence-corrected chi connectivity index (χ3v) is 2.21. The Morgan fingerprint density at radius 1 is 1.54 bits per heavy atom. The Morgan fingerprint density at radius 3 is 2.85 bits per heavy atom. The number of pyridine rings is 1. The van der Waals surface area contributed by atoms with Crippen LogP contribution in [0, 0.1) is 5.92 Å². The molecule has 72 valence electrons. The molecule has 2 N–H and O–H groups in total. The van der Waals surface area contributed by atoms with Crippen molar-refractivity contribution in [1.29, 1.82) is 0 Å². The van der Waals surface area contributed by atoms with Crippen LogP contribution in [0.3, 0.4) is 0 Å². The third-order valence-electron chi connectivity index (χ3n) is 2.21. The molecule has 1 unspecified atom stereocenters. The number of nitrogens with two attached hydrogens (primary N) is 1. The first-order chi connectivity index (χ1) is 6.13. The van der Waals surface area contributed by atoms with Gasteiger partial charge in [-0.15, -0.1) is 0 Å². The van der Waals surface area contributed by atoms with Gasteiger partial charge in [0.05, 0.1) is 0 Å². The molecule has 0 radical (unpaired) electrons. The van der Waals surface area contributed by atoms with Gasteiger partial charge in [0.25, 0.3) is 5.56 Å². The minimum atomic E-state index is 0.0227. The maximum atomic E-state index is 11.3. The largest absolute Gasteiger partial charge is 0.398 e. The number of nitrogens with zero attached hydrogens (tertiary/aromatic N) is 1. The maximum Gasteiger partial charge on any atom is 0.250 e. The zero-order valence-corrected chi connectivity index (χ0v) is 8.16. The highest BCUT2D eigenvalue weighted by molar-refractivity contribution is 5.33. The molecule has 1 heterocycles. The molecular formula is C10H16N2O. The van der Waals surface area contributed by atoms with Crippen LogP contribution in [0.2, 0.25) is 0 Å². The van der Waals surface area contributed by atoms with Gasteiger partial charge >= 0.3 is 0 Å². The van der Waals surface area contributed by atoms with Crippen molar-refractivity contribution in [2.45, 2.75) is 26.8 Å². The lowest BCUT2D eigenvalue weighted by molar-refractivity contribution is 0.460. The van der Waals surface area contributed by atoms with Crippen LogP contribution in [0.1, 0.15) is 20.3 Å². The van der Waals surface area contributed by atoms with Crippen molar-refractivity contribution < 1.29 is 0 Å². The van der Waals surface area contributed by atoms with Gasteiger partial charge in [-0.05, 0) is 12.0 Å². The van der Waals surface area contributed by atoms with Gasteiger partial charge in [-0.25, -0.2) is 0 Å². The molecule has 0 saturated heterocycles. The van der Waals surface area contributed by atoms with Crippen LogP contribution in [-0.4, -0.2) is 4.57 Å². The summed E-state index contributed by atoms with van der Waals surface area (Å²) in [5.74, 6) is 0.513. The van der Waals surface area contributed by atoms with E-state index >= 15 is 0 Å². The Morgan fingerprint density at radius 2 is 2.23 bits per heavy atom. The van der Waals surface area contributed by atoms with E-state index in [0.717, 1.165) is 13.0 Å². The molecule has 1 atom stereocenters. The van der Waals surface area contributed by atoms with Crippen molar-refractivity contribution in [1.82, 2.24) is 4.57 Å². The van der Waals surface area contributed by atoms with Crippen LogP contribution < -0.4 is 11.3 Å². The van der Waals surface area contributed by atoms with Crippen molar-refractivity contribution in [3.8, 4) is 0 Å². The lowest BCUT2D eigenvalue weighted by atomic mass is 10.1. The average Bonchev–Trinajstić information content (AvgIpc) is 2.11.